The average Bonchev–Trinajstić information content (AvgIpc) is 2.16. The largest absolute Gasteiger partial charge is 0.411 e. The number of hydrogen-bond acceptors (Lipinski definition) is 2. The topological polar surface area (TPSA) is 35.2 Å². The van der Waals surface area contributed by atoms with Gasteiger partial charge in [0.25, 0.3) is 0 Å². The number of nitrogens with two attached hydrogens (primary N) is 1. The highest BCUT2D eigenvalue weighted by Crippen LogP contribution is 2.30. The predicted octanol–water partition coefficient (Wildman–Crippen LogP) is 2.72. The summed E-state index contributed by atoms with van der Waals surface area (Å²) in [6.45, 7) is 1.17. The second kappa shape index (κ2) is 5.87. The highest BCUT2D eigenvalue weighted by Gasteiger charge is 2.29. The minimum atomic E-state index is -4.22. The molecule has 0 aromatic carbocycles. The van der Waals surface area contributed by atoms with Crippen LogP contribution in [-0.4, -0.2) is 25.4 Å². The van der Waals surface area contributed by atoms with Crippen LogP contribution in [0, 0.1) is 11.8 Å². The Hall–Kier alpha value is -0.290. The van der Waals surface area contributed by atoms with E-state index >= 15 is 0 Å². The zero-order valence-electron chi connectivity index (χ0n) is 9.59. The molecular formula is C11H20F3NO. The van der Waals surface area contributed by atoms with Crippen molar-refractivity contribution in [3.8, 4) is 0 Å². The molecule has 5 heteroatoms. The van der Waals surface area contributed by atoms with Crippen molar-refractivity contribution in [1.29, 1.82) is 0 Å². The molecule has 0 aliphatic heterocycles. The summed E-state index contributed by atoms with van der Waals surface area (Å²) in [4.78, 5) is 0. The molecule has 1 saturated carbocycles. The van der Waals surface area contributed by atoms with Crippen molar-refractivity contribution in [2.75, 3.05) is 13.2 Å². The molecule has 0 bridgehead atoms. The van der Waals surface area contributed by atoms with E-state index in [2.05, 4.69) is 11.7 Å². The lowest BCUT2D eigenvalue weighted by atomic mass is 9.78. The lowest BCUT2D eigenvalue weighted by Crippen LogP contribution is -2.36. The Morgan fingerprint density at radius 2 is 2.00 bits per heavy atom. The maximum absolute atomic E-state index is 11.8. The smallest absolute Gasteiger partial charge is 0.372 e. The molecule has 2 nitrogen and oxygen atoms in total. The van der Waals surface area contributed by atoms with Crippen LogP contribution in [-0.2, 0) is 4.74 Å². The van der Waals surface area contributed by atoms with Crippen LogP contribution in [0.3, 0.4) is 0 Å². The Balaban J connectivity index is 2.16. The number of ether oxygens (including phenoxy) is 1. The summed E-state index contributed by atoms with van der Waals surface area (Å²) < 4.78 is 40.0. The first-order chi connectivity index (χ1) is 7.38. The van der Waals surface area contributed by atoms with Gasteiger partial charge in [0.15, 0.2) is 0 Å². The summed E-state index contributed by atoms with van der Waals surface area (Å²) in [7, 11) is 0. The van der Waals surface area contributed by atoms with Gasteiger partial charge in [-0.15, -0.1) is 0 Å². The molecule has 16 heavy (non-hydrogen) atoms. The third-order valence-electron chi connectivity index (χ3n) is 3.20. The van der Waals surface area contributed by atoms with Crippen LogP contribution in [0.25, 0.3) is 0 Å². The summed E-state index contributed by atoms with van der Waals surface area (Å²) in [6.07, 6.45) is -0.466. The molecule has 1 aliphatic rings. The third kappa shape index (κ3) is 5.16. The lowest BCUT2D eigenvalue weighted by molar-refractivity contribution is -0.174. The van der Waals surface area contributed by atoms with E-state index in [9.17, 15) is 13.2 Å². The van der Waals surface area contributed by atoms with E-state index in [4.69, 9.17) is 5.73 Å². The van der Waals surface area contributed by atoms with Crippen molar-refractivity contribution in [3.05, 3.63) is 0 Å². The minimum Gasteiger partial charge on any atom is -0.372 e. The van der Waals surface area contributed by atoms with Gasteiger partial charge in [0, 0.05) is 12.6 Å². The molecule has 3 unspecified atom stereocenters. The number of alkyl halides is 3. The second-order valence-corrected chi connectivity index (χ2v) is 4.80. The van der Waals surface area contributed by atoms with Crippen molar-refractivity contribution in [3.63, 3.8) is 0 Å². The predicted molar refractivity (Wildman–Crippen MR) is 56.0 cm³/mol. The Morgan fingerprint density at radius 3 is 2.62 bits per heavy atom. The third-order valence-corrected chi connectivity index (χ3v) is 3.20. The Kier molecular flexibility index (Phi) is 5.05. The van der Waals surface area contributed by atoms with E-state index in [1.165, 1.54) is 0 Å². The first-order valence-electron chi connectivity index (χ1n) is 5.78. The standard InChI is InChI=1S/C11H20F3NO/c1-8-2-3-10(15)9(6-8)4-5-16-7-11(12,13)14/h8-10H,2-7,15H2,1H3. The maximum atomic E-state index is 11.8. The highest BCUT2D eigenvalue weighted by atomic mass is 19.4. The van der Waals surface area contributed by atoms with Crippen molar-refractivity contribution in [2.45, 2.75) is 44.8 Å². The van der Waals surface area contributed by atoms with E-state index in [1.807, 2.05) is 0 Å². The van der Waals surface area contributed by atoms with E-state index in [1.54, 1.807) is 0 Å². The van der Waals surface area contributed by atoms with Gasteiger partial charge in [0.1, 0.15) is 6.61 Å². The van der Waals surface area contributed by atoms with Gasteiger partial charge in [-0.3, -0.25) is 0 Å². The van der Waals surface area contributed by atoms with E-state index in [-0.39, 0.29) is 12.6 Å². The molecule has 0 heterocycles. The molecule has 0 amide bonds. The van der Waals surface area contributed by atoms with Gasteiger partial charge in [-0.1, -0.05) is 6.92 Å². The van der Waals surface area contributed by atoms with Gasteiger partial charge in [0.2, 0.25) is 0 Å². The van der Waals surface area contributed by atoms with Crippen molar-refractivity contribution >= 4 is 0 Å². The molecule has 0 spiro atoms. The fourth-order valence-electron chi connectivity index (χ4n) is 2.28. The number of hydrogen-bond donors (Lipinski definition) is 1. The molecule has 1 aliphatic carbocycles. The molecule has 0 radical (unpaired) electrons. The molecule has 2 N–H and O–H groups in total. The van der Waals surface area contributed by atoms with Crippen LogP contribution >= 0.6 is 0 Å². The zero-order chi connectivity index (χ0) is 12.2. The highest BCUT2D eigenvalue weighted by molar-refractivity contribution is 4.80. The molecular weight excluding hydrogens is 219 g/mol. The molecule has 96 valence electrons. The van der Waals surface area contributed by atoms with Gasteiger partial charge < -0.3 is 10.5 Å². The molecule has 0 saturated heterocycles. The summed E-state index contributed by atoms with van der Waals surface area (Å²) in [5, 5.41) is 0. The van der Waals surface area contributed by atoms with Crippen molar-refractivity contribution in [2.24, 2.45) is 17.6 Å². The van der Waals surface area contributed by atoms with Crippen molar-refractivity contribution in [1.82, 2.24) is 0 Å². The maximum Gasteiger partial charge on any atom is 0.411 e. The number of rotatable bonds is 4. The van der Waals surface area contributed by atoms with E-state index in [0.717, 1.165) is 19.3 Å². The normalized spacial score (nSPS) is 31.7. The molecule has 1 rings (SSSR count). The lowest BCUT2D eigenvalue weighted by Gasteiger charge is -2.32. The van der Waals surface area contributed by atoms with Crippen LogP contribution in [0.4, 0.5) is 13.2 Å². The Bertz CT molecular complexity index is 208. The quantitative estimate of drug-likeness (QED) is 0.765. The van der Waals surface area contributed by atoms with Gasteiger partial charge in [-0.2, -0.15) is 13.2 Å². The molecule has 0 aromatic heterocycles. The fraction of sp³-hybridized carbons (Fsp3) is 1.00. The molecule has 3 atom stereocenters. The van der Waals surface area contributed by atoms with Crippen molar-refractivity contribution < 1.29 is 17.9 Å². The SMILES string of the molecule is CC1CCC(N)C(CCOCC(F)(F)F)C1. The Labute approximate surface area is 94.3 Å². The molecule has 1 fully saturated rings. The first-order valence-corrected chi connectivity index (χ1v) is 5.78. The monoisotopic (exact) mass is 239 g/mol. The van der Waals surface area contributed by atoms with E-state index < -0.39 is 12.8 Å². The summed E-state index contributed by atoms with van der Waals surface area (Å²) in [6, 6.07) is 0.130. The fourth-order valence-corrected chi connectivity index (χ4v) is 2.28. The summed E-state index contributed by atoms with van der Waals surface area (Å²) >= 11 is 0. The van der Waals surface area contributed by atoms with Crippen LogP contribution < -0.4 is 5.73 Å². The van der Waals surface area contributed by atoms with Gasteiger partial charge in [-0.05, 0) is 37.5 Å². The van der Waals surface area contributed by atoms with Gasteiger partial charge in [-0.25, -0.2) is 0 Å². The van der Waals surface area contributed by atoms with E-state index in [0.29, 0.717) is 18.3 Å². The average molecular weight is 239 g/mol. The van der Waals surface area contributed by atoms with Crippen LogP contribution in [0.2, 0.25) is 0 Å². The first kappa shape index (κ1) is 13.8. The van der Waals surface area contributed by atoms with Gasteiger partial charge >= 0.3 is 6.18 Å². The van der Waals surface area contributed by atoms with Crippen LogP contribution in [0.1, 0.15) is 32.6 Å². The van der Waals surface area contributed by atoms with Crippen LogP contribution in [0.5, 0.6) is 0 Å². The van der Waals surface area contributed by atoms with Crippen LogP contribution in [0.15, 0.2) is 0 Å². The Morgan fingerprint density at radius 1 is 1.31 bits per heavy atom. The summed E-state index contributed by atoms with van der Waals surface area (Å²) in [5.41, 5.74) is 5.93. The number of halogens is 3. The second-order valence-electron chi connectivity index (χ2n) is 4.80. The van der Waals surface area contributed by atoms with Gasteiger partial charge in [0.05, 0.1) is 0 Å². The minimum absolute atomic E-state index is 0.130. The summed E-state index contributed by atoms with van der Waals surface area (Å²) in [5.74, 6) is 0.949. The molecule has 0 aromatic rings. The zero-order valence-corrected chi connectivity index (χ0v) is 9.59.